The molecule has 0 unspecified atom stereocenters. The van der Waals surface area contributed by atoms with Gasteiger partial charge in [-0.1, -0.05) is 42.5 Å². The predicted octanol–water partition coefficient (Wildman–Crippen LogP) is 3.42. The van der Waals surface area contributed by atoms with Crippen LogP contribution in [0.4, 0.5) is 0 Å². The summed E-state index contributed by atoms with van der Waals surface area (Å²) in [4.78, 5) is 0. The summed E-state index contributed by atoms with van der Waals surface area (Å²) in [6.07, 6.45) is 0. The molecule has 0 saturated heterocycles. The monoisotopic (exact) mass is 332 g/mol. The second kappa shape index (κ2) is 7.49. The molecule has 5 heteroatoms. The third-order valence-corrected chi connectivity index (χ3v) is 3.86. The summed E-state index contributed by atoms with van der Waals surface area (Å²) in [6.45, 7) is 2.36. The lowest BCUT2D eigenvalue weighted by Gasteiger charge is -2.09. The maximum Gasteiger partial charge on any atom is 0.211 e. The van der Waals surface area contributed by atoms with E-state index in [1.807, 2.05) is 49.4 Å². The minimum absolute atomic E-state index is 0.0607. The molecule has 3 aromatic rings. The molecule has 0 spiro atoms. The number of nitrogens with zero attached hydrogens (tertiary/aromatic N) is 2. The van der Waals surface area contributed by atoms with Gasteiger partial charge in [0, 0.05) is 0 Å². The zero-order valence-corrected chi connectivity index (χ0v) is 14.0. The number of hydrogen-bond donors (Lipinski definition) is 2. The van der Waals surface area contributed by atoms with Crippen LogP contribution in [0.2, 0.25) is 0 Å². The molecule has 0 aliphatic rings. The Bertz CT molecular complexity index is 921. The van der Waals surface area contributed by atoms with Crippen molar-refractivity contribution >= 4 is 22.4 Å². The summed E-state index contributed by atoms with van der Waals surface area (Å²) >= 11 is 0. The van der Waals surface area contributed by atoms with E-state index in [-0.39, 0.29) is 5.96 Å². The van der Waals surface area contributed by atoms with Gasteiger partial charge < -0.3 is 16.2 Å². The Balaban J connectivity index is 1.72. The molecule has 0 radical (unpaired) electrons. The van der Waals surface area contributed by atoms with E-state index in [1.54, 1.807) is 0 Å². The molecule has 0 fully saturated rings. The molecule has 3 aromatic carbocycles. The van der Waals surface area contributed by atoms with Gasteiger partial charge in [0.25, 0.3) is 0 Å². The standard InChI is InChI=1S/C20H20N4O/c1-14(23-24-20(21)22)15-9-11-18(12-10-15)25-13-17-7-4-6-16-5-2-3-8-19(16)17/h2-12H,13H2,1H3,(H4,21,22,24). The third kappa shape index (κ3) is 4.14. The minimum atomic E-state index is -0.0607. The highest BCUT2D eigenvalue weighted by atomic mass is 16.5. The van der Waals surface area contributed by atoms with Crippen LogP contribution in [0.25, 0.3) is 10.8 Å². The van der Waals surface area contributed by atoms with Crippen molar-refractivity contribution in [1.29, 1.82) is 0 Å². The number of nitrogens with two attached hydrogens (primary N) is 2. The molecule has 0 bridgehead atoms. The highest BCUT2D eigenvalue weighted by Gasteiger charge is 2.03. The molecule has 0 aromatic heterocycles. The van der Waals surface area contributed by atoms with E-state index in [9.17, 15) is 0 Å². The smallest absolute Gasteiger partial charge is 0.211 e. The Labute approximate surface area is 146 Å². The molecule has 0 atom stereocenters. The molecule has 0 saturated carbocycles. The van der Waals surface area contributed by atoms with Crippen LogP contribution >= 0.6 is 0 Å². The van der Waals surface area contributed by atoms with E-state index in [1.165, 1.54) is 10.8 Å². The Morgan fingerprint density at radius 3 is 2.36 bits per heavy atom. The van der Waals surface area contributed by atoms with E-state index < -0.39 is 0 Å². The van der Waals surface area contributed by atoms with Gasteiger partial charge in [-0.15, -0.1) is 5.10 Å². The number of benzene rings is 3. The molecule has 0 aliphatic heterocycles. The van der Waals surface area contributed by atoms with Crippen molar-refractivity contribution in [2.24, 2.45) is 21.7 Å². The normalized spacial score (nSPS) is 11.3. The van der Waals surface area contributed by atoms with Crippen molar-refractivity contribution in [3.63, 3.8) is 0 Å². The first-order chi connectivity index (χ1) is 12.1. The second-order valence-corrected chi connectivity index (χ2v) is 5.66. The van der Waals surface area contributed by atoms with Gasteiger partial charge in [0.2, 0.25) is 5.96 Å². The van der Waals surface area contributed by atoms with E-state index in [4.69, 9.17) is 16.2 Å². The van der Waals surface area contributed by atoms with Crippen LogP contribution in [-0.4, -0.2) is 11.7 Å². The summed E-state index contributed by atoms with van der Waals surface area (Å²) in [7, 11) is 0. The average molecular weight is 332 g/mol. The van der Waals surface area contributed by atoms with Crippen molar-refractivity contribution in [1.82, 2.24) is 0 Å². The quantitative estimate of drug-likeness (QED) is 0.426. The van der Waals surface area contributed by atoms with Gasteiger partial charge >= 0.3 is 0 Å². The average Bonchev–Trinajstić information content (AvgIpc) is 2.64. The molecular formula is C20H20N4O. The lowest BCUT2D eigenvalue weighted by Crippen LogP contribution is -2.22. The van der Waals surface area contributed by atoms with Crippen LogP contribution in [0.5, 0.6) is 5.75 Å². The highest BCUT2D eigenvalue weighted by Crippen LogP contribution is 2.21. The third-order valence-electron chi connectivity index (χ3n) is 3.86. The molecule has 25 heavy (non-hydrogen) atoms. The van der Waals surface area contributed by atoms with Crippen LogP contribution in [0.3, 0.4) is 0 Å². The fraction of sp³-hybridized carbons (Fsp3) is 0.100. The zero-order chi connectivity index (χ0) is 17.6. The van der Waals surface area contributed by atoms with E-state index >= 15 is 0 Å². The summed E-state index contributed by atoms with van der Waals surface area (Å²) in [5, 5.41) is 10.0. The molecular weight excluding hydrogens is 312 g/mol. The first-order valence-corrected chi connectivity index (χ1v) is 7.96. The van der Waals surface area contributed by atoms with Crippen molar-refractivity contribution in [2.75, 3.05) is 0 Å². The summed E-state index contributed by atoms with van der Waals surface area (Å²) in [5.74, 6) is 0.737. The maximum atomic E-state index is 5.93. The van der Waals surface area contributed by atoms with E-state index in [0.717, 1.165) is 22.6 Å². The van der Waals surface area contributed by atoms with E-state index in [2.05, 4.69) is 34.5 Å². The van der Waals surface area contributed by atoms with Gasteiger partial charge in [-0.05, 0) is 53.1 Å². The topological polar surface area (TPSA) is 86.0 Å². The van der Waals surface area contributed by atoms with Gasteiger partial charge in [0.1, 0.15) is 12.4 Å². The summed E-state index contributed by atoms with van der Waals surface area (Å²) in [5.41, 5.74) is 13.4. The summed E-state index contributed by atoms with van der Waals surface area (Å²) < 4.78 is 5.93. The lowest BCUT2D eigenvalue weighted by atomic mass is 10.1. The Kier molecular flexibility index (Phi) is 4.95. The maximum absolute atomic E-state index is 5.93. The Hall–Kier alpha value is -3.34. The zero-order valence-electron chi connectivity index (χ0n) is 14.0. The second-order valence-electron chi connectivity index (χ2n) is 5.66. The molecule has 0 amide bonds. The molecule has 4 N–H and O–H groups in total. The number of hydrogen-bond acceptors (Lipinski definition) is 3. The van der Waals surface area contributed by atoms with Crippen molar-refractivity contribution < 1.29 is 4.74 Å². The van der Waals surface area contributed by atoms with Crippen molar-refractivity contribution in [2.45, 2.75) is 13.5 Å². The van der Waals surface area contributed by atoms with Gasteiger partial charge in [-0.3, -0.25) is 0 Å². The van der Waals surface area contributed by atoms with Crippen LogP contribution in [0.15, 0.2) is 76.9 Å². The SMILES string of the molecule is CC(=NN=C(N)N)c1ccc(OCc2cccc3ccccc23)cc1. The fourth-order valence-corrected chi connectivity index (χ4v) is 2.56. The van der Waals surface area contributed by atoms with Gasteiger partial charge in [-0.2, -0.15) is 5.10 Å². The Morgan fingerprint density at radius 1 is 0.880 bits per heavy atom. The predicted molar refractivity (Wildman–Crippen MR) is 103 cm³/mol. The van der Waals surface area contributed by atoms with Gasteiger partial charge in [0.15, 0.2) is 0 Å². The number of ether oxygens (including phenoxy) is 1. The molecule has 3 rings (SSSR count). The molecule has 0 heterocycles. The number of rotatable bonds is 5. The number of fused-ring (bicyclic) bond motifs is 1. The highest BCUT2D eigenvalue weighted by molar-refractivity contribution is 5.99. The largest absolute Gasteiger partial charge is 0.489 e. The van der Waals surface area contributed by atoms with E-state index in [0.29, 0.717) is 6.61 Å². The molecule has 0 aliphatic carbocycles. The van der Waals surface area contributed by atoms with Gasteiger partial charge in [-0.25, -0.2) is 0 Å². The van der Waals surface area contributed by atoms with Crippen LogP contribution < -0.4 is 16.2 Å². The van der Waals surface area contributed by atoms with Crippen LogP contribution in [0.1, 0.15) is 18.1 Å². The number of guanidine groups is 1. The first-order valence-electron chi connectivity index (χ1n) is 7.96. The van der Waals surface area contributed by atoms with Gasteiger partial charge in [0.05, 0.1) is 5.71 Å². The van der Waals surface area contributed by atoms with Crippen molar-refractivity contribution in [3.05, 3.63) is 77.9 Å². The van der Waals surface area contributed by atoms with Crippen LogP contribution in [0, 0.1) is 0 Å². The Morgan fingerprint density at radius 2 is 1.60 bits per heavy atom. The minimum Gasteiger partial charge on any atom is -0.489 e. The lowest BCUT2D eigenvalue weighted by molar-refractivity contribution is 0.307. The first kappa shape index (κ1) is 16.5. The summed E-state index contributed by atoms with van der Waals surface area (Å²) in [6, 6.07) is 22.2. The fourth-order valence-electron chi connectivity index (χ4n) is 2.56. The van der Waals surface area contributed by atoms with Crippen molar-refractivity contribution in [3.8, 4) is 5.75 Å². The molecule has 5 nitrogen and oxygen atoms in total. The van der Waals surface area contributed by atoms with Crippen LogP contribution in [-0.2, 0) is 6.61 Å². The molecule has 126 valence electrons.